The topological polar surface area (TPSA) is 96.5 Å². The van der Waals surface area contributed by atoms with Crippen LogP contribution in [-0.4, -0.2) is 39.6 Å². The van der Waals surface area contributed by atoms with Crippen molar-refractivity contribution in [2.45, 2.75) is 11.8 Å². The molecular weight excluding hydrogens is 426 g/mol. The van der Waals surface area contributed by atoms with Crippen molar-refractivity contribution in [2.24, 2.45) is 0 Å². The number of ether oxygens (including phenoxy) is 1. The molecule has 1 heterocycles. The minimum atomic E-state index is -3.79. The standard InChI is InChI=1S/C20H22ClN5O3S/c1-13-22-19(12-20(23-13)26(2)3)24-14-5-7-15(8-6-14)25-30(27,28)16-9-10-18(29-4)17(21)11-16/h5-12,25H,1-4H3,(H,22,23,24). The maximum absolute atomic E-state index is 12.6. The first kappa shape index (κ1) is 21.7. The molecule has 0 amide bonds. The molecule has 2 aromatic carbocycles. The summed E-state index contributed by atoms with van der Waals surface area (Å²) >= 11 is 6.04. The van der Waals surface area contributed by atoms with Crippen molar-refractivity contribution in [2.75, 3.05) is 36.1 Å². The van der Waals surface area contributed by atoms with Crippen molar-refractivity contribution in [1.29, 1.82) is 0 Å². The summed E-state index contributed by atoms with van der Waals surface area (Å²) in [6.07, 6.45) is 0. The van der Waals surface area contributed by atoms with Gasteiger partial charge in [-0.05, 0) is 49.4 Å². The van der Waals surface area contributed by atoms with E-state index in [1.54, 1.807) is 24.3 Å². The highest BCUT2D eigenvalue weighted by molar-refractivity contribution is 7.92. The third kappa shape index (κ3) is 5.11. The van der Waals surface area contributed by atoms with Gasteiger partial charge in [-0.1, -0.05) is 11.6 Å². The Bertz CT molecular complexity index is 1150. The maximum Gasteiger partial charge on any atom is 0.261 e. The first-order valence-corrected chi connectivity index (χ1v) is 10.8. The Morgan fingerprint density at radius 2 is 1.67 bits per heavy atom. The van der Waals surface area contributed by atoms with Crippen molar-refractivity contribution in [3.63, 3.8) is 0 Å². The average molecular weight is 448 g/mol. The number of halogens is 1. The lowest BCUT2D eigenvalue weighted by atomic mass is 10.3. The number of aromatic nitrogens is 2. The van der Waals surface area contributed by atoms with Gasteiger partial charge >= 0.3 is 0 Å². The number of aryl methyl sites for hydroxylation is 1. The number of hydrogen-bond acceptors (Lipinski definition) is 7. The molecule has 0 aliphatic rings. The molecule has 0 aliphatic heterocycles. The molecule has 0 saturated carbocycles. The van der Waals surface area contributed by atoms with Gasteiger partial charge in [-0.25, -0.2) is 18.4 Å². The third-order valence-electron chi connectivity index (χ3n) is 4.13. The monoisotopic (exact) mass is 447 g/mol. The van der Waals surface area contributed by atoms with Crippen LogP contribution in [0.4, 0.5) is 23.0 Å². The Kier molecular flexibility index (Phi) is 6.33. The molecule has 3 rings (SSSR count). The summed E-state index contributed by atoms with van der Waals surface area (Å²) in [5.41, 5.74) is 1.17. The maximum atomic E-state index is 12.6. The zero-order chi connectivity index (χ0) is 21.9. The molecule has 0 atom stereocenters. The van der Waals surface area contributed by atoms with Gasteiger partial charge in [-0.3, -0.25) is 4.72 Å². The van der Waals surface area contributed by atoms with Gasteiger partial charge in [0.15, 0.2) is 0 Å². The molecule has 30 heavy (non-hydrogen) atoms. The SMILES string of the molecule is COc1ccc(S(=O)(=O)Nc2ccc(Nc3cc(N(C)C)nc(C)n3)cc2)cc1Cl. The molecule has 0 saturated heterocycles. The average Bonchev–Trinajstić information content (AvgIpc) is 2.68. The van der Waals surface area contributed by atoms with E-state index in [9.17, 15) is 8.42 Å². The molecule has 0 radical (unpaired) electrons. The van der Waals surface area contributed by atoms with E-state index >= 15 is 0 Å². The van der Waals surface area contributed by atoms with E-state index in [0.29, 0.717) is 23.1 Å². The number of anilines is 4. The summed E-state index contributed by atoms with van der Waals surface area (Å²) in [4.78, 5) is 10.7. The molecule has 8 nitrogen and oxygen atoms in total. The number of nitrogens with zero attached hydrogens (tertiary/aromatic N) is 3. The normalized spacial score (nSPS) is 11.1. The predicted octanol–water partition coefficient (Wildman–Crippen LogP) is 4.06. The third-order valence-corrected chi connectivity index (χ3v) is 5.80. The second-order valence-electron chi connectivity index (χ2n) is 6.66. The quantitative estimate of drug-likeness (QED) is 0.563. The van der Waals surface area contributed by atoms with Crippen LogP contribution in [0.3, 0.4) is 0 Å². The molecule has 1 aromatic heterocycles. The summed E-state index contributed by atoms with van der Waals surface area (Å²) in [6, 6.07) is 12.9. The summed E-state index contributed by atoms with van der Waals surface area (Å²) in [7, 11) is 1.49. The first-order chi connectivity index (χ1) is 14.2. The fourth-order valence-electron chi connectivity index (χ4n) is 2.64. The highest BCUT2D eigenvalue weighted by Crippen LogP contribution is 2.28. The van der Waals surface area contributed by atoms with E-state index in [0.717, 1.165) is 11.5 Å². The van der Waals surface area contributed by atoms with Crippen LogP contribution in [0.25, 0.3) is 0 Å². The number of sulfonamides is 1. The molecule has 0 bridgehead atoms. The van der Waals surface area contributed by atoms with Crippen molar-refractivity contribution in [3.8, 4) is 5.75 Å². The van der Waals surface area contributed by atoms with Gasteiger partial charge in [-0.15, -0.1) is 0 Å². The van der Waals surface area contributed by atoms with Gasteiger partial charge in [0.05, 0.1) is 17.0 Å². The minimum absolute atomic E-state index is 0.0446. The lowest BCUT2D eigenvalue weighted by Gasteiger charge is -2.14. The summed E-state index contributed by atoms with van der Waals surface area (Å²) in [6.45, 7) is 1.82. The molecule has 0 spiro atoms. The molecule has 2 N–H and O–H groups in total. The van der Waals surface area contributed by atoms with Crippen molar-refractivity contribution in [1.82, 2.24) is 9.97 Å². The zero-order valence-corrected chi connectivity index (χ0v) is 18.5. The molecular formula is C20H22ClN5O3S. The molecule has 158 valence electrons. The van der Waals surface area contributed by atoms with Crippen LogP contribution in [-0.2, 0) is 10.0 Å². The van der Waals surface area contributed by atoms with E-state index in [-0.39, 0.29) is 9.92 Å². The number of nitrogens with one attached hydrogen (secondary N) is 2. The van der Waals surface area contributed by atoms with E-state index in [1.165, 1.54) is 25.3 Å². The largest absolute Gasteiger partial charge is 0.495 e. The Balaban J connectivity index is 1.75. The van der Waals surface area contributed by atoms with Gasteiger partial charge in [0, 0.05) is 31.5 Å². The van der Waals surface area contributed by atoms with Gasteiger partial charge < -0.3 is 15.0 Å². The Morgan fingerprint density at radius 3 is 2.27 bits per heavy atom. The van der Waals surface area contributed by atoms with Gasteiger partial charge in [0.1, 0.15) is 23.2 Å². The van der Waals surface area contributed by atoms with Crippen LogP contribution >= 0.6 is 11.6 Å². The van der Waals surface area contributed by atoms with Crippen LogP contribution in [0.15, 0.2) is 53.4 Å². The molecule has 3 aromatic rings. The molecule has 0 unspecified atom stereocenters. The van der Waals surface area contributed by atoms with Crippen LogP contribution in [0.1, 0.15) is 5.82 Å². The highest BCUT2D eigenvalue weighted by atomic mass is 35.5. The number of benzene rings is 2. The fourth-order valence-corrected chi connectivity index (χ4v) is 4.05. The molecule has 10 heteroatoms. The van der Waals surface area contributed by atoms with Crippen molar-refractivity contribution < 1.29 is 13.2 Å². The lowest BCUT2D eigenvalue weighted by molar-refractivity contribution is 0.414. The molecule has 0 aliphatic carbocycles. The first-order valence-electron chi connectivity index (χ1n) is 8.94. The fraction of sp³-hybridized carbons (Fsp3) is 0.200. The van der Waals surface area contributed by atoms with Crippen LogP contribution in [0, 0.1) is 6.92 Å². The second kappa shape index (κ2) is 8.76. The Hall–Kier alpha value is -3.04. The predicted molar refractivity (Wildman–Crippen MR) is 120 cm³/mol. The Labute approximate surface area is 180 Å². The van der Waals surface area contributed by atoms with Gasteiger partial charge in [-0.2, -0.15) is 0 Å². The highest BCUT2D eigenvalue weighted by Gasteiger charge is 2.16. The van der Waals surface area contributed by atoms with E-state index in [2.05, 4.69) is 20.0 Å². The van der Waals surface area contributed by atoms with Crippen molar-refractivity contribution >= 4 is 44.6 Å². The van der Waals surface area contributed by atoms with Gasteiger partial charge in [0.2, 0.25) is 0 Å². The number of methoxy groups -OCH3 is 1. The molecule has 0 fully saturated rings. The summed E-state index contributed by atoms with van der Waals surface area (Å²) < 4.78 is 32.8. The minimum Gasteiger partial charge on any atom is -0.495 e. The van der Waals surface area contributed by atoms with E-state index in [1.807, 2.05) is 32.0 Å². The number of hydrogen-bond donors (Lipinski definition) is 2. The van der Waals surface area contributed by atoms with E-state index in [4.69, 9.17) is 16.3 Å². The summed E-state index contributed by atoms with van der Waals surface area (Å²) in [5, 5.41) is 3.42. The summed E-state index contributed by atoms with van der Waals surface area (Å²) in [5.74, 6) is 2.48. The van der Waals surface area contributed by atoms with Crippen LogP contribution < -0.4 is 19.7 Å². The van der Waals surface area contributed by atoms with E-state index < -0.39 is 10.0 Å². The van der Waals surface area contributed by atoms with Crippen LogP contribution in [0.5, 0.6) is 5.75 Å². The zero-order valence-electron chi connectivity index (χ0n) is 17.0. The van der Waals surface area contributed by atoms with Gasteiger partial charge in [0.25, 0.3) is 10.0 Å². The number of rotatable bonds is 7. The van der Waals surface area contributed by atoms with Crippen molar-refractivity contribution in [3.05, 3.63) is 59.4 Å². The lowest BCUT2D eigenvalue weighted by Crippen LogP contribution is -2.13. The second-order valence-corrected chi connectivity index (χ2v) is 8.75. The smallest absolute Gasteiger partial charge is 0.261 e. The Morgan fingerprint density at radius 1 is 1.00 bits per heavy atom. The van der Waals surface area contributed by atoms with Crippen LogP contribution in [0.2, 0.25) is 5.02 Å².